The molecule has 0 saturated carbocycles. The van der Waals surface area contributed by atoms with Crippen molar-refractivity contribution < 1.29 is 13.2 Å². The van der Waals surface area contributed by atoms with Gasteiger partial charge in [-0.2, -0.15) is 0 Å². The van der Waals surface area contributed by atoms with Crippen LogP contribution in [0.15, 0.2) is 65.6 Å². The Morgan fingerprint density at radius 2 is 1.58 bits per heavy atom. The molecular formula is C22H23N5O3S. The van der Waals surface area contributed by atoms with Gasteiger partial charge in [0.1, 0.15) is 0 Å². The maximum absolute atomic E-state index is 12.7. The Morgan fingerprint density at radius 3 is 2.16 bits per heavy atom. The number of sulfonamides is 1. The van der Waals surface area contributed by atoms with Crippen LogP contribution in [0.5, 0.6) is 0 Å². The SMILES string of the molecule is Cc1ccccc1-c1ccc(N2CCN(C(=O)c3ccc(S(N)(=O)=O)cc3)CC2)nn1. The summed E-state index contributed by atoms with van der Waals surface area (Å²) in [5.41, 5.74) is 3.47. The van der Waals surface area contributed by atoms with Gasteiger partial charge in [0.05, 0.1) is 10.6 Å². The number of carbonyl (C=O) groups excluding carboxylic acids is 1. The maximum Gasteiger partial charge on any atom is 0.253 e. The third-order valence-corrected chi connectivity index (χ3v) is 6.32. The van der Waals surface area contributed by atoms with Crippen LogP contribution in [0.4, 0.5) is 5.82 Å². The molecule has 8 nitrogen and oxygen atoms in total. The number of hydrogen-bond acceptors (Lipinski definition) is 6. The first-order valence-corrected chi connectivity index (χ1v) is 11.4. The number of benzene rings is 2. The summed E-state index contributed by atoms with van der Waals surface area (Å²) in [5, 5.41) is 13.9. The summed E-state index contributed by atoms with van der Waals surface area (Å²) < 4.78 is 22.7. The Kier molecular flexibility index (Phi) is 5.71. The fourth-order valence-electron chi connectivity index (χ4n) is 3.61. The van der Waals surface area contributed by atoms with Crippen molar-refractivity contribution in [3.8, 4) is 11.3 Å². The van der Waals surface area contributed by atoms with Crippen molar-refractivity contribution in [2.45, 2.75) is 11.8 Å². The van der Waals surface area contributed by atoms with Gasteiger partial charge < -0.3 is 9.80 Å². The van der Waals surface area contributed by atoms with Gasteiger partial charge in [-0.1, -0.05) is 24.3 Å². The van der Waals surface area contributed by atoms with E-state index in [1.165, 1.54) is 24.3 Å². The second-order valence-electron chi connectivity index (χ2n) is 7.44. The number of aryl methyl sites for hydroxylation is 1. The molecule has 0 radical (unpaired) electrons. The Balaban J connectivity index is 1.39. The highest BCUT2D eigenvalue weighted by atomic mass is 32.2. The topological polar surface area (TPSA) is 109 Å². The van der Waals surface area contributed by atoms with E-state index < -0.39 is 10.0 Å². The molecule has 1 aromatic heterocycles. The summed E-state index contributed by atoms with van der Waals surface area (Å²) in [5.74, 6) is 0.642. The number of nitrogens with zero attached hydrogens (tertiary/aromatic N) is 4. The van der Waals surface area contributed by atoms with Crippen molar-refractivity contribution in [1.29, 1.82) is 0 Å². The molecule has 2 aromatic carbocycles. The molecule has 2 N–H and O–H groups in total. The van der Waals surface area contributed by atoms with Crippen molar-refractivity contribution in [2.24, 2.45) is 5.14 Å². The minimum atomic E-state index is -3.78. The van der Waals surface area contributed by atoms with Crippen molar-refractivity contribution in [2.75, 3.05) is 31.1 Å². The minimum absolute atomic E-state index is 0.0124. The van der Waals surface area contributed by atoms with Crippen LogP contribution >= 0.6 is 0 Å². The molecule has 0 aliphatic carbocycles. The van der Waals surface area contributed by atoms with E-state index >= 15 is 0 Å². The van der Waals surface area contributed by atoms with Gasteiger partial charge in [0.15, 0.2) is 5.82 Å². The average molecular weight is 438 g/mol. The summed E-state index contributed by atoms with van der Waals surface area (Å²) in [7, 11) is -3.78. The minimum Gasteiger partial charge on any atom is -0.352 e. The lowest BCUT2D eigenvalue weighted by Crippen LogP contribution is -2.49. The average Bonchev–Trinajstić information content (AvgIpc) is 2.79. The normalized spacial score (nSPS) is 14.5. The van der Waals surface area contributed by atoms with Crippen LogP contribution in [-0.4, -0.2) is 55.6 Å². The number of primary sulfonamides is 1. The molecule has 1 aliphatic rings. The molecule has 1 aliphatic heterocycles. The molecule has 2 heterocycles. The van der Waals surface area contributed by atoms with E-state index in [1.54, 1.807) is 4.90 Å². The molecule has 0 unspecified atom stereocenters. The zero-order valence-corrected chi connectivity index (χ0v) is 17.9. The zero-order chi connectivity index (χ0) is 22.0. The fourth-order valence-corrected chi connectivity index (χ4v) is 4.12. The second kappa shape index (κ2) is 8.44. The summed E-state index contributed by atoms with van der Waals surface area (Å²) in [6.45, 7) is 4.40. The Bertz CT molecular complexity index is 1190. The first-order valence-electron chi connectivity index (χ1n) is 9.90. The van der Waals surface area contributed by atoms with E-state index in [0.717, 1.165) is 22.6 Å². The number of anilines is 1. The molecular weight excluding hydrogens is 414 g/mol. The van der Waals surface area contributed by atoms with E-state index in [4.69, 9.17) is 5.14 Å². The first-order chi connectivity index (χ1) is 14.8. The van der Waals surface area contributed by atoms with Crippen LogP contribution in [-0.2, 0) is 10.0 Å². The number of rotatable bonds is 4. The Hall–Kier alpha value is -3.30. The van der Waals surface area contributed by atoms with Crippen LogP contribution in [0.2, 0.25) is 0 Å². The van der Waals surface area contributed by atoms with Gasteiger partial charge in [0.25, 0.3) is 5.91 Å². The van der Waals surface area contributed by atoms with Gasteiger partial charge in [-0.15, -0.1) is 10.2 Å². The van der Waals surface area contributed by atoms with Crippen molar-refractivity contribution >= 4 is 21.7 Å². The number of amides is 1. The molecule has 0 bridgehead atoms. The molecule has 4 rings (SSSR count). The molecule has 1 amide bonds. The molecule has 31 heavy (non-hydrogen) atoms. The lowest BCUT2D eigenvalue weighted by Gasteiger charge is -2.35. The van der Waals surface area contributed by atoms with Crippen molar-refractivity contribution in [1.82, 2.24) is 15.1 Å². The van der Waals surface area contributed by atoms with Crippen LogP contribution in [0, 0.1) is 6.92 Å². The van der Waals surface area contributed by atoms with Crippen LogP contribution in [0.25, 0.3) is 11.3 Å². The maximum atomic E-state index is 12.7. The summed E-state index contributed by atoms with van der Waals surface area (Å²) in [6.07, 6.45) is 0. The Morgan fingerprint density at radius 1 is 0.903 bits per heavy atom. The lowest BCUT2D eigenvalue weighted by atomic mass is 10.1. The van der Waals surface area contributed by atoms with E-state index in [1.807, 2.05) is 43.3 Å². The highest BCUT2D eigenvalue weighted by Crippen LogP contribution is 2.22. The predicted molar refractivity (Wildman–Crippen MR) is 118 cm³/mol. The van der Waals surface area contributed by atoms with Gasteiger partial charge in [-0.05, 0) is 48.9 Å². The second-order valence-corrected chi connectivity index (χ2v) is 9.00. The third-order valence-electron chi connectivity index (χ3n) is 5.39. The highest BCUT2D eigenvalue weighted by molar-refractivity contribution is 7.89. The lowest BCUT2D eigenvalue weighted by molar-refractivity contribution is 0.0746. The number of nitrogens with two attached hydrogens (primary N) is 1. The van der Waals surface area contributed by atoms with Crippen LogP contribution < -0.4 is 10.0 Å². The van der Waals surface area contributed by atoms with Gasteiger partial charge in [-0.25, -0.2) is 13.6 Å². The summed E-state index contributed by atoms with van der Waals surface area (Å²) in [6, 6.07) is 17.7. The van der Waals surface area contributed by atoms with Gasteiger partial charge >= 0.3 is 0 Å². The number of piperazine rings is 1. The summed E-state index contributed by atoms with van der Waals surface area (Å²) >= 11 is 0. The standard InChI is InChI=1S/C22H23N5O3S/c1-16-4-2-3-5-19(16)20-10-11-21(25-24-20)26-12-14-27(15-13-26)22(28)17-6-8-18(9-7-17)31(23,29)30/h2-11H,12-15H2,1H3,(H2,23,29,30). The van der Waals surface area contributed by atoms with Gasteiger partial charge in [0.2, 0.25) is 10.0 Å². The molecule has 0 spiro atoms. The van der Waals surface area contributed by atoms with E-state index in [2.05, 4.69) is 15.1 Å². The quantitative estimate of drug-likeness (QED) is 0.669. The molecule has 160 valence electrons. The molecule has 3 aromatic rings. The molecule has 9 heteroatoms. The van der Waals surface area contributed by atoms with Crippen molar-refractivity contribution in [3.05, 3.63) is 71.8 Å². The van der Waals surface area contributed by atoms with Crippen molar-refractivity contribution in [3.63, 3.8) is 0 Å². The van der Waals surface area contributed by atoms with E-state index in [-0.39, 0.29) is 10.8 Å². The predicted octanol–water partition coefficient (Wildman–Crippen LogP) is 2.06. The number of hydrogen-bond donors (Lipinski definition) is 1. The highest BCUT2D eigenvalue weighted by Gasteiger charge is 2.23. The zero-order valence-electron chi connectivity index (χ0n) is 17.1. The Labute approximate surface area is 181 Å². The third kappa shape index (κ3) is 4.57. The molecule has 0 atom stereocenters. The van der Waals surface area contributed by atoms with E-state index in [0.29, 0.717) is 31.7 Å². The molecule has 1 fully saturated rings. The van der Waals surface area contributed by atoms with E-state index in [9.17, 15) is 13.2 Å². The van der Waals surface area contributed by atoms with Gasteiger partial charge in [0, 0.05) is 37.3 Å². The first kappa shape index (κ1) is 21.0. The largest absolute Gasteiger partial charge is 0.352 e. The number of aromatic nitrogens is 2. The van der Waals surface area contributed by atoms with Crippen LogP contribution in [0.3, 0.4) is 0 Å². The molecule has 1 saturated heterocycles. The fraction of sp³-hybridized carbons (Fsp3) is 0.227. The monoisotopic (exact) mass is 437 g/mol. The smallest absolute Gasteiger partial charge is 0.253 e. The number of carbonyl (C=O) groups is 1. The van der Waals surface area contributed by atoms with Gasteiger partial charge in [-0.3, -0.25) is 4.79 Å². The summed E-state index contributed by atoms with van der Waals surface area (Å²) in [4.78, 5) is 16.6. The van der Waals surface area contributed by atoms with Crippen LogP contribution in [0.1, 0.15) is 15.9 Å².